The molecule has 3 aromatic carbocycles. The zero-order chi connectivity index (χ0) is 24.4. The molecule has 172 valence electrons. The summed E-state index contributed by atoms with van der Waals surface area (Å²) in [6.45, 7) is 6.07. The second kappa shape index (κ2) is 9.65. The van der Waals surface area contributed by atoms with Crippen molar-refractivity contribution in [2.75, 3.05) is 5.32 Å². The van der Waals surface area contributed by atoms with Crippen LogP contribution < -0.4 is 10.7 Å². The van der Waals surface area contributed by atoms with Crippen LogP contribution in [0.2, 0.25) is 5.02 Å². The molecule has 4 aromatic rings. The topological polar surface area (TPSA) is 68.2 Å². The molecule has 0 aliphatic heterocycles. The Morgan fingerprint density at radius 1 is 0.971 bits per heavy atom. The van der Waals surface area contributed by atoms with E-state index in [4.69, 9.17) is 11.6 Å². The Morgan fingerprint density at radius 2 is 1.65 bits per heavy atom. The molecule has 4 rings (SSSR count). The van der Waals surface area contributed by atoms with Crippen LogP contribution in [-0.2, 0) is 11.3 Å². The predicted molar refractivity (Wildman–Crippen MR) is 137 cm³/mol. The maximum Gasteiger partial charge on any atom is 0.244 e. The van der Waals surface area contributed by atoms with Gasteiger partial charge in [-0.05, 0) is 48.7 Å². The van der Waals surface area contributed by atoms with Crippen molar-refractivity contribution in [1.29, 1.82) is 0 Å². The monoisotopic (exact) mass is 472 g/mol. The highest BCUT2D eigenvalue weighted by Gasteiger charge is 2.18. The van der Waals surface area contributed by atoms with Gasteiger partial charge in [-0.25, -0.2) is 0 Å². The number of nitrogens with zero attached hydrogens (tertiary/aromatic N) is 1. The van der Waals surface area contributed by atoms with Gasteiger partial charge in [0.1, 0.15) is 6.54 Å². The number of benzene rings is 3. The van der Waals surface area contributed by atoms with Gasteiger partial charge in [-0.1, -0.05) is 67.4 Å². The van der Waals surface area contributed by atoms with Crippen LogP contribution >= 0.6 is 11.6 Å². The van der Waals surface area contributed by atoms with Crippen molar-refractivity contribution in [3.63, 3.8) is 0 Å². The molecule has 0 radical (unpaired) electrons. The Kier molecular flexibility index (Phi) is 6.66. The summed E-state index contributed by atoms with van der Waals surface area (Å²) in [6, 6.07) is 19.6. The fourth-order valence-electron chi connectivity index (χ4n) is 3.83. The molecule has 0 fully saturated rings. The second-order valence-electron chi connectivity index (χ2n) is 8.68. The van der Waals surface area contributed by atoms with Crippen LogP contribution in [0.25, 0.3) is 10.9 Å². The van der Waals surface area contributed by atoms with Crippen molar-refractivity contribution in [1.82, 2.24) is 4.57 Å². The third-order valence-electron chi connectivity index (χ3n) is 5.78. The van der Waals surface area contributed by atoms with Gasteiger partial charge in [0.05, 0.1) is 11.1 Å². The smallest absolute Gasteiger partial charge is 0.244 e. The summed E-state index contributed by atoms with van der Waals surface area (Å²) in [5.74, 6) is -0.273. The minimum absolute atomic E-state index is 0.00675. The predicted octanol–water partition coefficient (Wildman–Crippen LogP) is 5.96. The fourth-order valence-corrected chi connectivity index (χ4v) is 4.00. The molecule has 0 unspecified atom stereocenters. The number of amides is 1. The molecule has 1 N–H and O–H groups in total. The largest absolute Gasteiger partial charge is 0.337 e. The average Bonchev–Trinajstić information content (AvgIpc) is 2.81. The molecule has 0 saturated heterocycles. The van der Waals surface area contributed by atoms with Crippen molar-refractivity contribution in [2.45, 2.75) is 33.2 Å². The maximum atomic E-state index is 13.2. The quantitative estimate of drug-likeness (QED) is 0.352. The fraction of sp³-hybridized carbons (Fsp3) is 0.179. The van der Waals surface area contributed by atoms with E-state index in [9.17, 15) is 14.4 Å². The first-order chi connectivity index (χ1) is 16.2. The summed E-state index contributed by atoms with van der Waals surface area (Å²) >= 11 is 6.14. The van der Waals surface area contributed by atoms with Gasteiger partial charge in [-0.15, -0.1) is 0 Å². The second-order valence-corrected chi connectivity index (χ2v) is 9.12. The highest BCUT2D eigenvalue weighted by atomic mass is 35.5. The van der Waals surface area contributed by atoms with Crippen LogP contribution in [0.4, 0.5) is 5.69 Å². The molecular weight excluding hydrogens is 448 g/mol. The van der Waals surface area contributed by atoms with E-state index in [0.29, 0.717) is 33.1 Å². The van der Waals surface area contributed by atoms with Crippen molar-refractivity contribution in [2.24, 2.45) is 0 Å². The lowest BCUT2D eigenvalue weighted by atomic mass is 10.0. The average molecular weight is 473 g/mol. The SMILES string of the molecule is Cc1ccc(C(=O)c2cn(CC(=O)Nc3ccc(C(C)C)cc3)c3ccc(Cl)cc3c2=O)cc1. The summed E-state index contributed by atoms with van der Waals surface area (Å²) in [5.41, 5.74) is 3.39. The lowest BCUT2D eigenvalue weighted by molar-refractivity contribution is -0.116. The lowest BCUT2D eigenvalue weighted by Gasteiger charge is -2.14. The molecule has 0 bridgehead atoms. The summed E-state index contributed by atoms with van der Waals surface area (Å²) < 4.78 is 1.62. The van der Waals surface area contributed by atoms with Gasteiger partial charge in [-0.2, -0.15) is 0 Å². The normalized spacial score (nSPS) is 11.1. The summed E-state index contributed by atoms with van der Waals surface area (Å²) in [4.78, 5) is 39.2. The zero-order valence-corrected chi connectivity index (χ0v) is 20.0. The number of hydrogen-bond donors (Lipinski definition) is 1. The lowest BCUT2D eigenvalue weighted by Crippen LogP contribution is -2.24. The van der Waals surface area contributed by atoms with Crippen LogP contribution in [0.1, 0.15) is 46.8 Å². The first kappa shape index (κ1) is 23.5. The Hall–Kier alpha value is -3.70. The minimum atomic E-state index is -0.413. The van der Waals surface area contributed by atoms with Gasteiger partial charge in [0.2, 0.25) is 11.3 Å². The number of carbonyl (C=O) groups is 2. The summed E-state index contributed by atoms with van der Waals surface area (Å²) in [6.07, 6.45) is 1.46. The molecule has 0 saturated carbocycles. The minimum Gasteiger partial charge on any atom is -0.337 e. The first-order valence-electron chi connectivity index (χ1n) is 11.1. The highest BCUT2D eigenvalue weighted by Crippen LogP contribution is 2.20. The number of halogens is 1. The number of carbonyl (C=O) groups excluding carboxylic acids is 2. The standard InChI is InChI=1S/C28H25ClN2O3/c1-17(2)19-8-11-22(12-9-19)30-26(32)16-31-15-24(27(33)20-6-4-18(3)5-7-20)28(34)23-14-21(29)10-13-25(23)31/h4-15,17H,16H2,1-3H3,(H,30,32). The number of hydrogen-bond acceptors (Lipinski definition) is 3. The van der Waals surface area contributed by atoms with Crippen LogP contribution in [0.3, 0.4) is 0 Å². The molecule has 34 heavy (non-hydrogen) atoms. The Morgan fingerprint density at radius 3 is 2.29 bits per heavy atom. The molecule has 0 spiro atoms. The number of anilines is 1. The van der Waals surface area contributed by atoms with Gasteiger partial charge in [0, 0.05) is 27.9 Å². The van der Waals surface area contributed by atoms with Gasteiger partial charge >= 0.3 is 0 Å². The molecule has 1 amide bonds. The van der Waals surface area contributed by atoms with E-state index in [2.05, 4.69) is 19.2 Å². The molecule has 0 atom stereocenters. The van der Waals surface area contributed by atoms with Crippen molar-refractivity contribution < 1.29 is 9.59 Å². The number of pyridine rings is 1. The Bertz CT molecular complexity index is 1440. The number of aryl methyl sites for hydroxylation is 1. The number of fused-ring (bicyclic) bond motifs is 1. The maximum absolute atomic E-state index is 13.2. The van der Waals surface area contributed by atoms with E-state index in [1.165, 1.54) is 17.8 Å². The van der Waals surface area contributed by atoms with Gasteiger partial charge in [-0.3, -0.25) is 14.4 Å². The molecule has 1 heterocycles. The van der Waals surface area contributed by atoms with Crippen molar-refractivity contribution >= 4 is 39.9 Å². The Balaban J connectivity index is 1.70. The van der Waals surface area contributed by atoms with Gasteiger partial charge < -0.3 is 9.88 Å². The van der Waals surface area contributed by atoms with Crippen LogP contribution in [0.15, 0.2) is 77.7 Å². The molecule has 1 aromatic heterocycles. The van der Waals surface area contributed by atoms with E-state index in [1.54, 1.807) is 28.8 Å². The molecule has 6 heteroatoms. The van der Waals surface area contributed by atoms with Gasteiger partial charge in [0.15, 0.2) is 5.78 Å². The van der Waals surface area contributed by atoms with Crippen LogP contribution in [0.5, 0.6) is 0 Å². The van der Waals surface area contributed by atoms with Crippen LogP contribution in [0, 0.1) is 6.92 Å². The zero-order valence-electron chi connectivity index (χ0n) is 19.3. The molecular formula is C28H25ClN2O3. The van der Waals surface area contributed by atoms with E-state index in [-0.39, 0.29) is 18.0 Å². The van der Waals surface area contributed by atoms with E-state index < -0.39 is 11.2 Å². The number of ketones is 1. The van der Waals surface area contributed by atoms with Gasteiger partial charge in [0.25, 0.3) is 0 Å². The summed E-state index contributed by atoms with van der Waals surface area (Å²) in [5, 5.41) is 3.56. The van der Waals surface area contributed by atoms with Crippen LogP contribution in [-0.4, -0.2) is 16.3 Å². The molecule has 0 aliphatic carbocycles. The van der Waals surface area contributed by atoms with E-state index in [0.717, 1.165) is 5.56 Å². The third kappa shape index (κ3) is 4.95. The number of rotatable bonds is 6. The highest BCUT2D eigenvalue weighted by molar-refractivity contribution is 6.31. The third-order valence-corrected chi connectivity index (χ3v) is 6.01. The van der Waals surface area contributed by atoms with Crippen molar-refractivity contribution in [3.05, 3.63) is 110 Å². The number of nitrogens with one attached hydrogen (secondary N) is 1. The first-order valence-corrected chi connectivity index (χ1v) is 11.4. The summed E-state index contributed by atoms with van der Waals surface area (Å²) in [7, 11) is 0. The van der Waals surface area contributed by atoms with E-state index in [1.807, 2.05) is 43.3 Å². The van der Waals surface area contributed by atoms with Crippen molar-refractivity contribution in [3.8, 4) is 0 Å². The van der Waals surface area contributed by atoms with E-state index >= 15 is 0 Å². The molecule has 0 aliphatic rings. The Labute approximate surface area is 203 Å². The molecule has 5 nitrogen and oxygen atoms in total. The number of aromatic nitrogens is 1.